The molecule has 0 spiro atoms. The molecule has 1 aromatic heterocycles. The summed E-state index contributed by atoms with van der Waals surface area (Å²) in [4.78, 5) is 35.5. The van der Waals surface area contributed by atoms with Gasteiger partial charge in [-0.25, -0.2) is 0 Å². The lowest BCUT2D eigenvalue weighted by atomic mass is 9.92. The smallest absolute Gasteiger partial charge is 0.221 e. The molecule has 1 aliphatic rings. The summed E-state index contributed by atoms with van der Waals surface area (Å²) in [5.41, 5.74) is 0.981. The Morgan fingerprint density at radius 3 is 2.77 bits per heavy atom. The van der Waals surface area contributed by atoms with Gasteiger partial charge in [-0.15, -0.1) is 0 Å². The first-order valence-corrected chi connectivity index (χ1v) is 6.78. The Morgan fingerprint density at radius 2 is 2.05 bits per heavy atom. The molecule has 0 fully saturated rings. The van der Waals surface area contributed by atoms with Crippen molar-refractivity contribution in [2.45, 2.75) is 12.8 Å². The Bertz CT molecular complexity index is 889. The molecule has 0 radical (unpaired) electrons. The molecule has 22 heavy (non-hydrogen) atoms. The van der Waals surface area contributed by atoms with E-state index in [9.17, 15) is 14.4 Å². The van der Waals surface area contributed by atoms with Gasteiger partial charge >= 0.3 is 0 Å². The van der Waals surface area contributed by atoms with Gasteiger partial charge in [-0.05, 0) is 18.2 Å². The summed E-state index contributed by atoms with van der Waals surface area (Å²) in [6.07, 6.45) is 7.80. The number of carbonyl (C=O) groups is 2. The van der Waals surface area contributed by atoms with Crippen molar-refractivity contribution in [1.29, 1.82) is 0 Å². The molecule has 110 valence electrons. The zero-order valence-electron chi connectivity index (χ0n) is 11.8. The minimum Gasteiger partial charge on any atom is -0.464 e. The zero-order chi connectivity index (χ0) is 15.7. The second kappa shape index (κ2) is 5.44. The number of benzene rings is 1. The van der Waals surface area contributed by atoms with E-state index in [0.29, 0.717) is 22.2 Å². The normalized spacial score (nSPS) is 17.0. The predicted octanol–water partition coefficient (Wildman–Crippen LogP) is 2.53. The van der Waals surface area contributed by atoms with Crippen LogP contribution in [0.2, 0.25) is 0 Å². The van der Waals surface area contributed by atoms with E-state index in [2.05, 4.69) is 5.32 Å². The lowest BCUT2D eigenvalue weighted by molar-refractivity contribution is -0.115. The van der Waals surface area contributed by atoms with Crippen molar-refractivity contribution in [3.05, 3.63) is 64.6 Å². The number of rotatable bonds is 2. The van der Waals surface area contributed by atoms with Gasteiger partial charge in [0, 0.05) is 18.7 Å². The van der Waals surface area contributed by atoms with Gasteiger partial charge in [-0.3, -0.25) is 14.4 Å². The summed E-state index contributed by atoms with van der Waals surface area (Å²) < 4.78 is 5.49. The van der Waals surface area contributed by atoms with E-state index in [1.165, 1.54) is 19.3 Å². The summed E-state index contributed by atoms with van der Waals surface area (Å²) in [7, 11) is 0. The van der Waals surface area contributed by atoms with Crippen molar-refractivity contribution in [1.82, 2.24) is 0 Å². The lowest BCUT2D eigenvalue weighted by Gasteiger charge is -2.11. The first-order chi connectivity index (χ1) is 10.6. The van der Waals surface area contributed by atoms with Gasteiger partial charge in [-0.1, -0.05) is 18.2 Å². The molecule has 1 N–H and O–H groups in total. The van der Waals surface area contributed by atoms with E-state index in [1.807, 2.05) is 0 Å². The van der Waals surface area contributed by atoms with Crippen molar-refractivity contribution >= 4 is 28.3 Å². The first kappa shape index (κ1) is 14.0. The summed E-state index contributed by atoms with van der Waals surface area (Å²) in [5, 5.41) is 3.00. The third-order valence-corrected chi connectivity index (χ3v) is 3.44. The highest BCUT2D eigenvalue weighted by atomic mass is 16.3. The molecule has 1 aliphatic carbocycles. The van der Waals surface area contributed by atoms with E-state index in [-0.39, 0.29) is 17.1 Å². The highest BCUT2D eigenvalue weighted by molar-refractivity contribution is 5.98. The molecule has 0 saturated heterocycles. The molecule has 1 aromatic carbocycles. The van der Waals surface area contributed by atoms with Crippen LogP contribution in [-0.2, 0) is 9.59 Å². The van der Waals surface area contributed by atoms with E-state index in [1.54, 1.807) is 36.4 Å². The van der Waals surface area contributed by atoms with Crippen LogP contribution in [0.1, 0.15) is 18.4 Å². The van der Waals surface area contributed by atoms with E-state index < -0.39 is 5.92 Å². The maximum Gasteiger partial charge on any atom is 0.221 e. The highest BCUT2D eigenvalue weighted by Crippen LogP contribution is 2.23. The van der Waals surface area contributed by atoms with Crippen LogP contribution in [0, 0.1) is 0 Å². The average molecular weight is 295 g/mol. The van der Waals surface area contributed by atoms with Gasteiger partial charge in [0.15, 0.2) is 11.2 Å². The zero-order valence-corrected chi connectivity index (χ0v) is 11.8. The summed E-state index contributed by atoms with van der Waals surface area (Å²) in [6.45, 7) is 1.40. The number of hydrogen-bond donors (Lipinski definition) is 1. The molecule has 3 rings (SSSR count). The molecule has 5 nitrogen and oxygen atoms in total. The quantitative estimate of drug-likeness (QED) is 0.923. The Balaban J connectivity index is 2.09. The molecule has 1 unspecified atom stereocenters. The maximum atomic E-state index is 12.5. The van der Waals surface area contributed by atoms with Crippen molar-refractivity contribution in [3.63, 3.8) is 0 Å². The van der Waals surface area contributed by atoms with Crippen LogP contribution in [0.25, 0.3) is 11.0 Å². The van der Waals surface area contributed by atoms with E-state index in [4.69, 9.17) is 4.42 Å². The highest BCUT2D eigenvalue weighted by Gasteiger charge is 2.22. The van der Waals surface area contributed by atoms with Gasteiger partial charge in [0.05, 0.1) is 23.1 Å². The van der Waals surface area contributed by atoms with Gasteiger partial charge in [0.2, 0.25) is 5.91 Å². The number of hydrogen-bond acceptors (Lipinski definition) is 4. The molecule has 0 bridgehead atoms. The topological polar surface area (TPSA) is 76.4 Å². The number of allylic oxidation sites excluding steroid dienone is 4. The summed E-state index contributed by atoms with van der Waals surface area (Å²) in [5.74, 6) is -0.965. The first-order valence-electron chi connectivity index (χ1n) is 6.78. The van der Waals surface area contributed by atoms with Crippen molar-refractivity contribution < 1.29 is 14.0 Å². The monoisotopic (exact) mass is 295 g/mol. The fourth-order valence-electron chi connectivity index (χ4n) is 2.42. The minimum absolute atomic E-state index is 0.149. The standard InChI is InChI=1S/C17H13NO4/c1-10(19)18-11-6-7-13-16(8-11)22-9-14(17(13)21)12-4-2-3-5-15(12)20/h2-9,12H,1H3,(H,18,19). The van der Waals surface area contributed by atoms with Gasteiger partial charge in [0.1, 0.15) is 5.58 Å². The second-order valence-electron chi connectivity index (χ2n) is 5.04. The van der Waals surface area contributed by atoms with Crippen molar-refractivity contribution in [3.8, 4) is 0 Å². The number of fused-ring (bicyclic) bond motifs is 1. The van der Waals surface area contributed by atoms with E-state index in [0.717, 1.165) is 0 Å². The average Bonchev–Trinajstić information content (AvgIpc) is 2.48. The van der Waals surface area contributed by atoms with Gasteiger partial charge in [-0.2, -0.15) is 0 Å². The molecule has 0 aliphatic heterocycles. The number of ketones is 1. The number of nitrogens with one attached hydrogen (secondary N) is 1. The Kier molecular flexibility index (Phi) is 3.47. The van der Waals surface area contributed by atoms with Crippen molar-refractivity contribution in [2.75, 3.05) is 5.32 Å². The molecular weight excluding hydrogens is 282 g/mol. The Labute approximate surface area is 125 Å². The molecule has 2 aromatic rings. The van der Waals surface area contributed by atoms with Crippen molar-refractivity contribution in [2.24, 2.45) is 0 Å². The van der Waals surface area contributed by atoms with Crippen LogP contribution in [0.4, 0.5) is 5.69 Å². The third kappa shape index (κ3) is 2.48. The number of amides is 1. The molecule has 5 heteroatoms. The fraction of sp³-hybridized carbons (Fsp3) is 0.118. The summed E-state index contributed by atoms with van der Waals surface area (Å²) in [6, 6.07) is 4.80. The molecular formula is C17H13NO4. The number of anilines is 1. The van der Waals surface area contributed by atoms with Crippen LogP contribution in [-0.4, -0.2) is 11.7 Å². The van der Waals surface area contributed by atoms with Crippen LogP contribution >= 0.6 is 0 Å². The van der Waals surface area contributed by atoms with Gasteiger partial charge < -0.3 is 9.73 Å². The lowest BCUT2D eigenvalue weighted by Crippen LogP contribution is -2.19. The minimum atomic E-state index is -0.610. The maximum absolute atomic E-state index is 12.5. The molecule has 1 heterocycles. The molecule has 0 saturated carbocycles. The number of carbonyl (C=O) groups excluding carboxylic acids is 2. The SMILES string of the molecule is CC(=O)Nc1ccc2c(=O)c(C3C=CC=CC3=O)coc2c1. The van der Waals surface area contributed by atoms with Crippen LogP contribution < -0.4 is 10.7 Å². The van der Waals surface area contributed by atoms with Gasteiger partial charge in [0.25, 0.3) is 0 Å². The largest absolute Gasteiger partial charge is 0.464 e. The fourth-order valence-corrected chi connectivity index (χ4v) is 2.42. The van der Waals surface area contributed by atoms with Crippen LogP contribution in [0.5, 0.6) is 0 Å². The second-order valence-corrected chi connectivity index (χ2v) is 5.04. The predicted molar refractivity (Wildman–Crippen MR) is 82.8 cm³/mol. The Morgan fingerprint density at radius 1 is 1.23 bits per heavy atom. The third-order valence-electron chi connectivity index (χ3n) is 3.44. The summed E-state index contributed by atoms with van der Waals surface area (Å²) >= 11 is 0. The molecule has 1 amide bonds. The Hall–Kier alpha value is -2.95. The van der Waals surface area contributed by atoms with E-state index >= 15 is 0 Å². The van der Waals surface area contributed by atoms with Crippen LogP contribution in [0.15, 0.2) is 58.0 Å². The molecule has 1 atom stereocenters. The van der Waals surface area contributed by atoms with Crippen LogP contribution in [0.3, 0.4) is 0 Å².